The zero-order valence-electron chi connectivity index (χ0n) is 11.0. The van der Waals surface area contributed by atoms with Crippen LogP contribution in [0.15, 0.2) is 0 Å². The van der Waals surface area contributed by atoms with E-state index in [9.17, 15) is 0 Å². The summed E-state index contributed by atoms with van der Waals surface area (Å²) in [5.74, 6) is 0.717. The predicted octanol–water partition coefficient (Wildman–Crippen LogP) is 2.21. The Bertz CT molecular complexity index is 167. The Morgan fingerprint density at radius 2 is 2.25 bits per heavy atom. The Kier molecular flexibility index (Phi) is 7.01. The van der Waals surface area contributed by atoms with Gasteiger partial charge in [-0.25, -0.2) is 0 Å². The molecule has 1 N–H and O–H groups in total. The van der Waals surface area contributed by atoms with E-state index in [1.807, 2.05) is 0 Å². The maximum absolute atomic E-state index is 5.71. The number of hydrogen-bond donors (Lipinski definition) is 1. The zero-order valence-corrected chi connectivity index (χ0v) is 11.0. The molecule has 3 heteroatoms. The number of rotatable bonds is 8. The second-order valence-corrected chi connectivity index (χ2v) is 4.92. The summed E-state index contributed by atoms with van der Waals surface area (Å²) in [6, 6.07) is 0.648. The first-order valence-electron chi connectivity index (χ1n) is 6.66. The SMILES string of the molecule is CCC(NCCCOC1CCOC1)C(C)C. The van der Waals surface area contributed by atoms with Gasteiger partial charge in [-0.1, -0.05) is 20.8 Å². The van der Waals surface area contributed by atoms with E-state index in [-0.39, 0.29) is 0 Å². The molecule has 96 valence electrons. The van der Waals surface area contributed by atoms with Crippen LogP contribution in [-0.4, -0.2) is 38.5 Å². The lowest BCUT2D eigenvalue weighted by Gasteiger charge is -2.20. The number of ether oxygens (including phenoxy) is 2. The molecule has 1 aliphatic heterocycles. The lowest BCUT2D eigenvalue weighted by atomic mass is 10.0. The maximum Gasteiger partial charge on any atom is 0.0830 e. The molecule has 0 radical (unpaired) electrons. The van der Waals surface area contributed by atoms with E-state index in [0.29, 0.717) is 18.1 Å². The molecule has 3 nitrogen and oxygen atoms in total. The Balaban J connectivity index is 1.94. The van der Waals surface area contributed by atoms with Crippen molar-refractivity contribution < 1.29 is 9.47 Å². The van der Waals surface area contributed by atoms with Gasteiger partial charge < -0.3 is 14.8 Å². The Morgan fingerprint density at radius 1 is 1.44 bits per heavy atom. The van der Waals surface area contributed by atoms with Gasteiger partial charge in [0.1, 0.15) is 0 Å². The summed E-state index contributed by atoms with van der Waals surface area (Å²) in [7, 11) is 0. The molecule has 0 bridgehead atoms. The van der Waals surface area contributed by atoms with Crippen LogP contribution in [0.1, 0.15) is 40.0 Å². The molecule has 0 saturated carbocycles. The van der Waals surface area contributed by atoms with Gasteiger partial charge in [-0.3, -0.25) is 0 Å². The fourth-order valence-corrected chi connectivity index (χ4v) is 2.11. The largest absolute Gasteiger partial charge is 0.379 e. The average Bonchev–Trinajstić information content (AvgIpc) is 2.75. The van der Waals surface area contributed by atoms with Crippen LogP contribution in [0.2, 0.25) is 0 Å². The van der Waals surface area contributed by atoms with Crippen LogP contribution in [-0.2, 0) is 9.47 Å². The molecule has 0 aliphatic carbocycles. The average molecular weight is 229 g/mol. The lowest BCUT2D eigenvalue weighted by Crippen LogP contribution is -2.34. The van der Waals surface area contributed by atoms with Crippen molar-refractivity contribution in [3.05, 3.63) is 0 Å². The van der Waals surface area contributed by atoms with Gasteiger partial charge in [0.25, 0.3) is 0 Å². The second kappa shape index (κ2) is 8.04. The third kappa shape index (κ3) is 5.28. The summed E-state index contributed by atoms with van der Waals surface area (Å²) in [4.78, 5) is 0. The molecule has 0 aromatic rings. The van der Waals surface area contributed by atoms with Crippen LogP contribution < -0.4 is 5.32 Å². The standard InChI is InChI=1S/C13H27NO2/c1-4-13(11(2)3)14-7-5-8-16-12-6-9-15-10-12/h11-14H,4-10H2,1-3H3. The number of nitrogens with one attached hydrogen (secondary N) is 1. The maximum atomic E-state index is 5.71. The molecular weight excluding hydrogens is 202 g/mol. The number of hydrogen-bond acceptors (Lipinski definition) is 3. The van der Waals surface area contributed by atoms with Gasteiger partial charge in [0, 0.05) is 19.3 Å². The minimum absolute atomic E-state index is 0.354. The lowest BCUT2D eigenvalue weighted by molar-refractivity contribution is 0.0412. The molecule has 0 aromatic carbocycles. The van der Waals surface area contributed by atoms with Crippen LogP contribution in [0.3, 0.4) is 0 Å². The summed E-state index contributed by atoms with van der Waals surface area (Å²) in [6.45, 7) is 10.4. The molecule has 0 spiro atoms. The first-order chi connectivity index (χ1) is 7.74. The first kappa shape index (κ1) is 13.9. The summed E-state index contributed by atoms with van der Waals surface area (Å²) in [5, 5.41) is 3.58. The van der Waals surface area contributed by atoms with Crippen LogP contribution >= 0.6 is 0 Å². The van der Waals surface area contributed by atoms with E-state index in [2.05, 4.69) is 26.1 Å². The summed E-state index contributed by atoms with van der Waals surface area (Å²) in [6.07, 6.45) is 3.72. The summed E-state index contributed by atoms with van der Waals surface area (Å²) < 4.78 is 11.0. The molecule has 1 saturated heterocycles. The summed E-state index contributed by atoms with van der Waals surface area (Å²) in [5.41, 5.74) is 0. The van der Waals surface area contributed by atoms with Crippen molar-refractivity contribution in [2.45, 2.75) is 52.2 Å². The molecule has 0 amide bonds. The molecular formula is C13H27NO2. The van der Waals surface area contributed by atoms with E-state index in [4.69, 9.17) is 9.47 Å². The van der Waals surface area contributed by atoms with Crippen molar-refractivity contribution >= 4 is 0 Å². The zero-order chi connectivity index (χ0) is 11.8. The quantitative estimate of drug-likeness (QED) is 0.647. The second-order valence-electron chi connectivity index (χ2n) is 4.92. The van der Waals surface area contributed by atoms with Gasteiger partial charge in [-0.15, -0.1) is 0 Å². The van der Waals surface area contributed by atoms with Crippen molar-refractivity contribution in [1.82, 2.24) is 5.32 Å². The van der Waals surface area contributed by atoms with Crippen molar-refractivity contribution in [2.75, 3.05) is 26.4 Å². The van der Waals surface area contributed by atoms with Gasteiger partial charge in [0.15, 0.2) is 0 Å². The highest BCUT2D eigenvalue weighted by molar-refractivity contribution is 4.68. The fraction of sp³-hybridized carbons (Fsp3) is 1.00. The van der Waals surface area contributed by atoms with E-state index >= 15 is 0 Å². The van der Waals surface area contributed by atoms with Crippen molar-refractivity contribution in [3.63, 3.8) is 0 Å². The van der Waals surface area contributed by atoms with Crippen LogP contribution in [0, 0.1) is 5.92 Å². The van der Waals surface area contributed by atoms with E-state index in [1.165, 1.54) is 6.42 Å². The van der Waals surface area contributed by atoms with Gasteiger partial charge in [-0.2, -0.15) is 0 Å². The van der Waals surface area contributed by atoms with E-state index < -0.39 is 0 Å². The Morgan fingerprint density at radius 3 is 2.81 bits per heavy atom. The highest BCUT2D eigenvalue weighted by atomic mass is 16.5. The molecule has 16 heavy (non-hydrogen) atoms. The minimum Gasteiger partial charge on any atom is -0.379 e. The van der Waals surface area contributed by atoms with Crippen LogP contribution in [0.25, 0.3) is 0 Å². The predicted molar refractivity (Wildman–Crippen MR) is 66.7 cm³/mol. The van der Waals surface area contributed by atoms with Gasteiger partial charge >= 0.3 is 0 Å². The summed E-state index contributed by atoms with van der Waals surface area (Å²) >= 11 is 0. The molecule has 2 unspecified atom stereocenters. The highest BCUT2D eigenvalue weighted by Gasteiger charge is 2.15. The molecule has 1 aliphatic rings. The van der Waals surface area contributed by atoms with Crippen molar-refractivity contribution in [2.24, 2.45) is 5.92 Å². The van der Waals surface area contributed by atoms with Crippen molar-refractivity contribution in [3.8, 4) is 0 Å². The van der Waals surface area contributed by atoms with Crippen LogP contribution in [0.5, 0.6) is 0 Å². The molecule has 2 atom stereocenters. The van der Waals surface area contributed by atoms with Crippen molar-refractivity contribution in [1.29, 1.82) is 0 Å². The Labute approximate surface area is 99.9 Å². The molecule has 1 fully saturated rings. The Hall–Kier alpha value is -0.120. The molecule has 0 aromatic heterocycles. The van der Waals surface area contributed by atoms with Crippen LogP contribution in [0.4, 0.5) is 0 Å². The monoisotopic (exact) mass is 229 g/mol. The fourth-order valence-electron chi connectivity index (χ4n) is 2.11. The normalized spacial score (nSPS) is 22.9. The van der Waals surface area contributed by atoms with Gasteiger partial charge in [0.2, 0.25) is 0 Å². The third-order valence-electron chi connectivity index (χ3n) is 3.21. The van der Waals surface area contributed by atoms with Gasteiger partial charge in [-0.05, 0) is 31.7 Å². The molecule has 1 rings (SSSR count). The topological polar surface area (TPSA) is 30.5 Å². The highest BCUT2D eigenvalue weighted by Crippen LogP contribution is 2.08. The minimum atomic E-state index is 0.354. The first-order valence-corrected chi connectivity index (χ1v) is 6.66. The smallest absolute Gasteiger partial charge is 0.0830 e. The third-order valence-corrected chi connectivity index (χ3v) is 3.21. The van der Waals surface area contributed by atoms with Gasteiger partial charge in [0.05, 0.1) is 12.7 Å². The van der Waals surface area contributed by atoms with E-state index in [1.54, 1.807) is 0 Å². The molecule has 1 heterocycles. The van der Waals surface area contributed by atoms with E-state index in [0.717, 1.165) is 39.2 Å².